The molecule has 5 amide bonds. The van der Waals surface area contributed by atoms with Crippen LogP contribution in [0, 0.1) is 0 Å². The van der Waals surface area contributed by atoms with Gasteiger partial charge >= 0.3 is 20.2 Å². The summed E-state index contributed by atoms with van der Waals surface area (Å²) < 4.78 is 10.5. The minimum atomic E-state index is -1.21. The predicted molar refractivity (Wildman–Crippen MR) is 206 cm³/mol. The highest BCUT2D eigenvalue weighted by molar-refractivity contribution is 6.62. The molecule has 16 nitrogen and oxygen atoms in total. The quantitative estimate of drug-likeness (QED) is 0.0691. The molecule has 3 atom stereocenters. The second-order valence-electron chi connectivity index (χ2n) is 14.5. The number of benzene rings is 2. The Bertz CT molecular complexity index is 1760. The molecule has 2 aromatic carbocycles. The third kappa shape index (κ3) is 11.4. The summed E-state index contributed by atoms with van der Waals surface area (Å²) in [5, 5.41) is 40.6. The molecule has 1 unspecified atom stereocenters. The van der Waals surface area contributed by atoms with E-state index >= 15 is 0 Å². The van der Waals surface area contributed by atoms with Gasteiger partial charge in [-0.05, 0) is 78.4 Å². The number of carbonyl (C=O) groups excluding carboxylic acids is 5. The van der Waals surface area contributed by atoms with Crippen molar-refractivity contribution in [3.8, 4) is 0 Å². The van der Waals surface area contributed by atoms with Gasteiger partial charge < -0.3 is 50.6 Å². The first-order valence-corrected chi connectivity index (χ1v) is 19.5. The monoisotopic (exact) mass is 775 g/mol. The van der Waals surface area contributed by atoms with E-state index in [2.05, 4.69) is 28.2 Å². The van der Waals surface area contributed by atoms with Crippen molar-refractivity contribution < 1.29 is 53.2 Å². The van der Waals surface area contributed by atoms with Crippen LogP contribution < -0.4 is 32.2 Å². The van der Waals surface area contributed by atoms with Crippen LogP contribution in [0.5, 0.6) is 0 Å². The van der Waals surface area contributed by atoms with E-state index < -0.39 is 62.0 Å². The number of likely N-dealkylation sites (tertiary alicyclic amines) is 1. The fourth-order valence-corrected chi connectivity index (χ4v) is 7.18. The number of carboxylic acids is 1. The van der Waals surface area contributed by atoms with Gasteiger partial charge in [-0.2, -0.15) is 0 Å². The van der Waals surface area contributed by atoms with Gasteiger partial charge in [0.1, 0.15) is 12.1 Å². The molecule has 300 valence electrons. The van der Waals surface area contributed by atoms with E-state index in [1.54, 1.807) is 24.3 Å². The SMILES string of the molecule is CCCCCCCC(=O)NCCCCC(NC(=O)[C@@H]1C[C@@H](NC(=O)c2ccc3c(c2)B(O)OC3)CN1C(=O)c1ccc2c(c1)B(O)OC2)C(=O)NCCC(=O)O. The molecule has 0 aromatic heterocycles. The van der Waals surface area contributed by atoms with Crippen molar-refractivity contribution in [2.45, 2.75) is 109 Å². The van der Waals surface area contributed by atoms with E-state index in [1.807, 2.05) is 0 Å². The summed E-state index contributed by atoms with van der Waals surface area (Å²) in [6.45, 7) is 2.71. The van der Waals surface area contributed by atoms with Crippen LogP contribution in [-0.2, 0) is 41.7 Å². The van der Waals surface area contributed by atoms with E-state index in [0.717, 1.165) is 43.2 Å². The van der Waals surface area contributed by atoms with Gasteiger partial charge in [0, 0.05) is 43.2 Å². The topological polar surface area (TPSA) is 233 Å². The molecule has 3 aliphatic heterocycles. The molecule has 3 aliphatic rings. The van der Waals surface area contributed by atoms with Gasteiger partial charge in [-0.15, -0.1) is 0 Å². The number of fused-ring (bicyclic) bond motifs is 2. The Balaban J connectivity index is 1.27. The molecule has 3 heterocycles. The molecule has 1 saturated heterocycles. The van der Waals surface area contributed by atoms with Gasteiger partial charge in [-0.1, -0.05) is 44.7 Å². The Labute approximate surface area is 326 Å². The van der Waals surface area contributed by atoms with Crippen molar-refractivity contribution in [3.05, 3.63) is 58.7 Å². The Morgan fingerprint density at radius 2 is 1.48 bits per heavy atom. The van der Waals surface area contributed by atoms with Crippen LogP contribution in [0.2, 0.25) is 0 Å². The Morgan fingerprint density at radius 1 is 0.821 bits per heavy atom. The summed E-state index contributed by atoms with van der Waals surface area (Å²) in [6.07, 6.45) is 6.45. The maximum atomic E-state index is 14.1. The average molecular weight is 775 g/mol. The van der Waals surface area contributed by atoms with Crippen molar-refractivity contribution in [1.82, 2.24) is 26.2 Å². The lowest BCUT2D eigenvalue weighted by Crippen LogP contribution is -2.53. The largest absolute Gasteiger partial charge is 0.491 e. The Kier molecular flexibility index (Phi) is 15.4. The molecule has 0 bridgehead atoms. The van der Waals surface area contributed by atoms with E-state index in [0.29, 0.717) is 36.7 Å². The first kappa shape index (κ1) is 42.4. The summed E-state index contributed by atoms with van der Waals surface area (Å²) in [7, 11) is -2.36. The van der Waals surface area contributed by atoms with Gasteiger partial charge in [-0.3, -0.25) is 28.8 Å². The number of unbranched alkanes of at least 4 members (excludes halogenated alkanes) is 5. The molecular weight excluding hydrogens is 724 g/mol. The normalized spacial score (nSPS) is 17.6. The number of carbonyl (C=O) groups is 6. The summed E-state index contributed by atoms with van der Waals surface area (Å²) in [5.74, 6) is -3.40. The molecule has 18 heteroatoms. The molecule has 0 saturated carbocycles. The fraction of sp³-hybridized carbons (Fsp3) is 0.526. The maximum Gasteiger partial charge on any atom is 0.491 e. The van der Waals surface area contributed by atoms with Crippen molar-refractivity contribution in [3.63, 3.8) is 0 Å². The molecule has 0 radical (unpaired) electrons. The summed E-state index contributed by atoms with van der Waals surface area (Å²) in [4.78, 5) is 79.6. The number of rotatable bonds is 20. The standard InChI is InChI=1S/C38H51B2N5O11/c1-2-3-4-5-6-10-33(46)41-16-8-7-9-31(36(50)42-17-15-34(47)48)44-37(51)32-20-28(43-35(49)24-11-13-26-22-55-39(53)29(26)18-24)21-45(32)38(52)25-12-14-27-23-56-40(54)30(27)19-25/h11-14,18-19,28,31-32,53-54H,2-10,15-17,20-23H2,1H3,(H,41,46)(H,42,50)(H,43,49)(H,44,51)(H,47,48)/t28-,31?,32+/m1/s1. The van der Waals surface area contributed by atoms with Gasteiger partial charge in [0.2, 0.25) is 17.7 Å². The molecule has 2 aromatic rings. The molecule has 0 aliphatic carbocycles. The number of carboxylic acid groups (broad SMARTS) is 1. The van der Waals surface area contributed by atoms with Gasteiger partial charge in [0.25, 0.3) is 11.8 Å². The van der Waals surface area contributed by atoms with Crippen molar-refractivity contribution >= 4 is 60.7 Å². The predicted octanol–water partition coefficient (Wildman–Crippen LogP) is -0.142. The zero-order chi connectivity index (χ0) is 40.2. The van der Waals surface area contributed by atoms with Crippen LogP contribution in [0.4, 0.5) is 0 Å². The molecule has 56 heavy (non-hydrogen) atoms. The van der Waals surface area contributed by atoms with E-state index in [1.165, 1.54) is 17.0 Å². The third-order valence-corrected chi connectivity index (χ3v) is 10.3. The van der Waals surface area contributed by atoms with Crippen LogP contribution in [0.1, 0.15) is 109 Å². The van der Waals surface area contributed by atoms with Crippen LogP contribution in [0.3, 0.4) is 0 Å². The van der Waals surface area contributed by atoms with Gasteiger partial charge in [0.05, 0.1) is 19.6 Å². The third-order valence-electron chi connectivity index (χ3n) is 10.3. The Morgan fingerprint density at radius 3 is 2.16 bits per heavy atom. The summed E-state index contributed by atoms with van der Waals surface area (Å²) >= 11 is 0. The highest BCUT2D eigenvalue weighted by Crippen LogP contribution is 2.23. The minimum Gasteiger partial charge on any atom is -0.481 e. The highest BCUT2D eigenvalue weighted by atomic mass is 16.5. The number of hydrogen-bond donors (Lipinski definition) is 7. The van der Waals surface area contributed by atoms with Crippen molar-refractivity contribution in [1.29, 1.82) is 0 Å². The van der Waals surface area contributed by atoms with Crippen LogP contribution in [-0.4, -0.2) is 108 Å². The molecule has 0 spiro atoms. The minimum absolute atomic E-state index is 0.00843. The maximum absolute atomic E-state index is 14.1. The van der Waals surface area contributed by atoms with E-state index in [9.17, 15) is 38.8 Å². The lowest BCUT2D eigenvalue weighted by atomic mass is 9.78. The highest BCUT2D eigenvalue weighted by Gasteiger charge is 2.42. The van der Waals surface area contributed by atoms with Crippen LogP contribution >= 0.6 is 0 Å². The molecule has 1 fully saturated rings. The number of hydrogen-bond acceptors (Lipinski definition) is 10. The van der Waals surface area contributed by atoms with Crippen LogP contribution in [0.15, 0.2) is 36.4 Å². The lowest BCUT2D eigenvalue weighted by molar-refractivity contribution is -0.137. The number of nitrogens with zero attached hydrogens (tertiary/aromatic N) is 1. The fourth-order valence-electron chi connectivity index (χ4n) is 7.18. The number of amides is 5. The zero-order valence-electron chi connectivity index (χ0n) is 31.7. The average Bonchev–Trinajstić information content (AvgIpc) is 3.89. The summed E-state index contributed by atoms with van der Waals surface area (Å²) in [5.41, 5.74) is 2.84. The van der Waals surface area contributed by atoms with E-state index in [-0.39, 0.29) is 62.6 Å². The number of aliphatic carboxylic acids is 1. The van der Waals surface area contributed by atoms with Gasteiger partial charge in [-0.25, -0.2) is 0 Å². The van der Waals surface area contributed by atoms with Crippen molar-refractivity contribution in [2.75, 3.05) is 19.6 Å². The first-order chi connectivity index (χ1) is 26.9. The Hall–Kier alpha value is -4.77. The second-order valence-corrected chi connectivity index (χ2v) is 14.5. The van der Waals surface area contributed by atoms with Crippen molar-refractivity contribution in [2.24, 2.45) is 0 Å². The second kappa shape index (κ2) is 20.4. The number of nitrogens with one attached hydrogen (secondary N) is 4. The first-order valence-electron chi connectivity index (χ1n) is 19.5. The molecular formula is C38H51B2N5O11. The molecule has 5 rings (SSSR count). The zero-order valence-corrected chi connectivity index (χ0v) is 31.7. The van der Waals surface area contributed by atoms with Gasteiger partial charge in [0.15, 0.2) is 0 Å². The molecule has 7 N–H and O–H groups in total. The van der Waals surface area contributed by atoms with Crippen LogP contribution in [0.25, 0.3) is 0 Å². The summed E-state index contributed by atoms with van der Waals surface area (Å²) in [6, 6.07) is 6.70. The lowest BCUT2D eigenvalue weighted by Gasteiger charge is -2.26. The smallest absolute Gasteiger partial charge is 0.481 e. The van der Waals surface area contributed by atoms with E-state index in [4.69, 9.17) is 14.4 Å².